The average molecular weight is 424 g/mol. The predicted molar refractivity (Wildman–Crippen MR) is 103 cm³/mol. The molecule has 0 saturated carbocycles. The summed E-state index contributed by atoms with van der Waals surface area (Å²) in [5.41, 5.74) is -0.906. The number of carbonyl (C=O) groups is 1. The van der Waals surface area contributed by atoms with Crippen LogP contribution in [0.15, 0.2) is 10.4 Å². The van der Waals surface area contributed by atoms with Crippen LogP contribution in [0.5, 0.6) is 0 Å². The molecule has 0 fully saturated rings. The van der Waals surface area contributed by atoms with Crippen LogP contribution in [0.4, 0.5) is 18.0 Å². The average Bonchev–Trinajstić information content (AvgIpc) is 3.06. The van der Waals surface area contributed by atoms with Crippen LogP contribution >= 0.6 is 11.3 Å². The van der Waals surface area contributed by atoms with Gasteiger partial charge in [0, 0.05) is 24.5 Å². The lowest BCUT2D eigenvalue weighted by Gasteiger charge is -2.22. The molecule has 1 atom stereocenters. The van der Waals surface area contributed by atoms with Gasteiger partial charge in [-0.15, -0.1) is 11.3 Å². The number of nitrogens with zero attached hydrogens (tertiary/aromatic N) is 2. The number of alkyl carbamates (subject to hydrolysis) is 1. The summed E-state index contributed by atoms with van der Waals surface area (Å²) < 4.78 is 42.8. The van der Waals surface area contributed by atoms with Gasteiger partial charge in [0.15, 0.2) is 11.7 Å². The fourth-order valence-corrected chi connectivity index (χ4v) is 3.05. The van der Waals surface area contributed by atoms with E-state index in [0.29, 0.717) is 25.0 Å². The molecule has 0 aliphatic rings. The Hall–Kier alpha value is -2.04. The van der Waals surface area contributed by atoms with E-state index in [1.54, 1.807) is 6.92 Å². The Morgan fingerprint density at radius 2 is 2.04 bits per heavy atom. The molecule has 28 heavy (non-hydrogen) atoms. The van der Waals surface area contributed by atoms with Gasteiger partial charge in [-0.05, 0) is 26.2 Å². The van der Waals surface area contributed by atoms with Crippen LogP contribution in [0.3, 0.4) is 0 Å². The summed E-state index contributed by atoms with van der Waals surface area (Å²) in [6.45, 7) is 8.98. The molecule has 1 rings (SSSR count). The van der Waals surface area contributed by atoms with E-state index in [9.17, 15) is 18.0 Å². The molecule has 7 nitrogen and oxygen atoms in total. The first-order valence-electron chi connectivity index (χ1n) is 9.12. The Balaban J connectivity index is 2.71. The van der Waals surface area contributed by atoms with Gasteiger partial charge in [-0.1, -0.05) is 13.8 Å². The molecule has 1 heterocycles. The maximum absolute atomic E-state index is 12.6. The number of rotatable bonds is 9. The third kappa shape index (κ3) is 9.25. The molecule has 1 aromatic heterocycles. The Bertz CT molecular complexity index is 635. The first-order valence-corrected chi connectivity index (χ1v) is 10.0. The first kappa shape index (κ1) is 24.0. The number of halogens is 3. The number of aromatic nitrogens is 1. The zero-order valence-electron chi connectivity index (χ0n) is 16.5. The van der Waals surface area contributed by atoms with E-state index in [4.69, 9.17) is 4.74 Å². The van der Waals surface area contributed by atoms with E-state index in [2.05, 4.69) is 25.9 Å². The number of aliphatic imine (C=N–C) groups is 1. The largest absolute Gasteiger partial charge is 0.450 e. The van der Waals surface area contributed by atoms with Gasteiger partial charge in [0.25, 0.3) is 0 Å². The molecule has 3 N–H and O–H groups in total. The number of amides is 1. The van der Waals surface area contributed by atoms with Crippen LogP contribution in [0, 0.1) is 5.92 Å². The normalized spacial score (nSPS) is 13.4. The second-order valence-corrected chi connectivity index (χ2v) is 7.33. The molecule has 160 valence electrons. The number of guanidine groups is 1. The summed E-state index contributed by atoms with van der Waals surface area (Å²) in [5.74, 6) is 0.787. The van der Waals surface area contributed by atoms with Gasteiger partial charge in [-0.3, -0.25) is 0 Å². The quantitative estimate of drug-likeness (QED) is 0.419. The third-order valence-corrected chi connectivity index (χ3v) is 4.26. The molecule has 1 amide bonds. The first-order chi connectivity index (χ1) is 13.2. The maximum Gasteiger partial charge on any atom is 0.434 e. The van der Waals surface area contributed by atoms with Crippen molar-refractivity contribution in [1.82, 2.24) is 20.9 Å². The highest BCUT2D eigenvalue weighted by molar-refractivity contribution is 7.09. The second-order valence-electron chi connectivity index (χ2n) is 6.39. The van der Waals surface area contributed by atoms with Crippen LogP contribution in [0.25, 0.3) is 0 Å². The van der Waals surface area contributed by atoms with Crippen LogP contribution in [0.1, 0.15) is 44.8 Å². The SMILES string of the molecule is CCNC(=NCc1nc(C(F)(F)F)cs1)NCC(CC(C)C)NC(=O)OCC. The lowest BCUT2D eigenvalue weighted by atomic mass is 10.0. The fourth-order valence-electron chi connectivity index (χ4n) is 2.32. The molecule has 0 bridgehead atoms. The summed E-state index contributed by atoms with van der Waals surface area (Å²) in [6, 6.07) is -0.181. The zero-order valence-corrected chi connectivity index (χ0v) is 17.3. The van der Waals surface area contributed by atoms with Gasteiger partial charge < -0.3 is 20.7 Å². The topological polar surface area (TPSA) is 87.6 Å². The molecular formula is C17H28F3N5O2S. The van der Waals surface area contributed by atoms with Crippen molar-refractivity contribution in [3.63, 3.8) is 0 Å². The molecule has 0 radical (unpaired) electrons. The van der Waals surface area contributed by atoms with Gasteiger partial charge in [-0.25, -0.2) is 14.8 Å². The monoisotopic (exact) mass is 423 g/mol. The lowest BCUT2D eigenvalue weighted by molar-refractivity contribution is -0.140. The highest BCUT2D eigenvalue weighted by Gasteiger charge is 2.33. The summed E-state index contributed by atoms with van der Waals surface area (Å²) in [5, 5.41) is 10.2. The molecule has 0 aliphatic carbocycles. The molecule has 11 heteroatoms. The van der Waals surface area contributed by atoms with Crippen molar-refractivity contribution in [1.29, 1.82) is 0 Å². The van der Waals surface area contributed by atoms with Gasteiger partial charge in [-0.2, -0.15) is 13.2 Å². The van der Waals surface area contributed by atoms with Crippen LogP contribution < -0.4 is 16.0 Å². The standard InChI is InChI=1S/C17H28F3N5O2S/c1-5-21-15(23-9-14-25-13(10-28-14)17(18,19)20)22-8-12(7-11(3)4)24-16(26)27-6-2/h10-12H,5-9H2,1-4H3,(H,24,26)(H2,21,22,23). The van der Waals surface area contributed by atoms with Crippen molar-refractivity contribution >= 4 is 23.4 Å². The van der Waals surface area contributed by atoms with E-state index in [1.165, 1.54) is 0 Å². The minimum Gasteiger partial charge on any atom is -0.450 e. The number of nitrogens with one attached hydrogen (secondary N) is 3. The van der Waals surface area contributed by atoms with E-state index in [1.807, 2.05) is 20.8 Å². The minimum absolute atomic E-state index is 0.0240. The van der Waals surface area contributed by atoms with Crippen molar-refractivity contribution in [2.45, 2.75) is 52.9 Å². The van der Waals surface area contributed by atoms with Crippen molar-refractivity contribution in [2.75, 3.05) is 19.7 Å². The third-order valence-electron chi connectivity index (χ3n) is 3.43. The van der Waals surface area contributed by atoms with Crippen molar-refractivity contribution in [3.8, 4) is 0 Å². The number of carbonyl (C=O) groups excluding carboxylic acids is 1. The van der Waals surface area contributed by atoms with Gasteiger partial charge in [0.2, 0.25) is 0 Å². The Morgan fingerprint density at radius 1 is 1.32 bits per heavy atom. The number of alkyl halides is 3. The Kier molecular flexibility index (Phi) is 10.0. The van der Waals surface area contributed by atoms with Crippen LogP contribution in [-0.4, -0.2) is 42.8 Å². The minimum atomic E-state index is -4.45. The summed E-state index contributed by atoms with van der Waals surface area (Å²) >= 11 is 0.916. The van der Waals surface area contributed by atoms with E-state index >= 15 is 0 Å². The number of hydrogen-bond acceptors (Lipinski definition) is 5. The highest BCUT2D eigenvalue weighted by Crippen LogP contribution is 2.30. The summed E-state index contributed by atoms with van der Waals surface area (Å²) in [4.78, 5) is 19.5. The summed E-state index contributed by atoms with van der Waals surface area (Å²) in [7, 11) is 0. The van der Waals surface area contributed by atoms with E-state index in [0.717, 1.165) is 23.1 Å². The van der Waals surface area contributed by atoms with Gasteiger partial charge >= 0.3 is 12.3 Å². The number of hydrogen-bond donors (Lipinski definition) is 3. The molecule has 1 aromatic rings. The fraction of sp³-hybridized carbons (Fsp3) is 0.706. The van der Waals surface area contributed by atoms with E-state index < -0.39 is 18.0 Å². The van der Waals surface area contributed by atoms with E-state index in [-0.39, 0.29) is 24.2 Å². The molecule has 0 spiro atoms. The zero-order chi connectivity index (χ0) is 21.2. The number of ether oxygens (including phenoxy) is 1. The molecule has 1 unspecified atom stereocenters. The van der Waals surface area contributed by atoms with Gasteiger partial charge in [0.1, 0.15) is 5.01 Å². The summed E-state index contributed by atoms with van der Waals surface area (Å²) in [6.07, 6.45) is -4.21. The highest BCUT2D eigenvalue weighted by atomic mass is 32.1. The molecule has 0 aliphatic heterocycles. The van der Waals surface area contributed by atoms with Crippen LogP contribution in [0.2, 0.25) is 0 Å². The predicted octanol–water partition coefficient (Wildman–Crippen LogP) is 3.38. The van der Waals surface area contributed by atoms with Crippen molar-refractivity contribution in [2.24, 2.45) is 10.9 Å². The van der Waals surface area contributed by atoms with Gasteiger partial charge in [0.05, 0.1) is 13.2 Å². The Morgan fingerprint density at radius 3 is 2.57 bits per heavy atom. The Labute approximate surface area is 167 Å². The van der Waals surface area contributed by atoms with Crippen molar-refractivity contribution in [3.05, 3.63) is 16.1 Å². The molecule has 0 aromatic carbocycles. The molecular weight excluding hydrogens is 395 g/mol. The lowest BCUT2D eigenvalue weighted by Crippen LogP contribution is -2.47. The van der Waals surface area contributed by atoms with Crippen LogP contribution in [-0.2, 0) is 17.5 Å². The number of thiazole rings is 1. The maximum atomic E-state index is 12.6. The second kappa shape index (κ2) is 11.7. The molecule has 0 saturated heterocycles. The smallest absolute Gasteiger partial charge is 0.434 e. The van der Waals surface area contributed by atoms with Crippen molar-refractivity contribution < 1.29 is 22.7 Å².